The minimum absolute atomic E-state index is 0.245. The van der Waals surface area contributed by atoms with E-state index in [4.69, 9.17) is 0 Å². The normalized spacial score (nSPS) is 16.7. The molecule has 0 spiro atoms. The fraction of sp³-hybridized carbons (Fsp3) is 0.190. The quantitative estimate of drug-likeness (QED) is 0.582. The Morgan fingerprint density at radius 2 is 1.88 bits per heavy atom. The molecule has 0 fully saturated rings. The Morgan fingerprint density at radius 3 is 2.88 bits per heavy atom. The van der Waals surface area contributed by atoms with Gasteiger partial charge in [-0.1, -0.05) is 36.4 Å². The standard InChI is InChI=1S/C21H18N4/c1-2-7-16-14(5-1)10-11-15-6-3-8-17(19(15)16)25-21-20-18(23-13-24-21)9-4-12-22-20/h1-2,4-5,7,9-13,17H,3,6,8H2,(H,23,24,25). The molecule has 0 saturated heterocycles. The van der Waals surface area contributed by atoms with Crippen LogP contribution in [0, 0.1) is 0 Å². The maximum atomic E-state index is 4.48. The second-order valence-electron chi connectivity index (χ2n) is 6.54. The van der Waals surface area contributed by atoms with Crippen LogP contribution >= 0.6 is 0 Å². The van der Waals surface area contributed by atoms with E-state index in [1.807, 2.05) is 12.1 Å². The largest absolute Gasteiger partial charge is 0.361 e. The summed E-state index contributed by atoms with van der Waals surface area (Å²) in [6.45, 7) is 0. The number of anilines is 1. The van der Waals surface area contributed by atoms with E-state index in [0.717, 1.165) is 29.7 Å². The van der Waals surface area contributed by atoms with Gasteiger partial charge in [-0.2, -0.15) is 0 Å². The van der Waals surface area contributed by atoms with Gasteiger partial charge in [0.2, 0.25) is 0 Å². The zero-order valence-corrected chi connectivity index (χ0v) is 13.8. The van der Waals surface area contributed by atoms with E-state index in [9.17, 15) is 0 Å². The van der Waals surface area contributed by atoms with E-state index < -0.39 is 0 Å². The molecule has 4 nitrogen and oxygen atoms in total. The van der Waals surface area contributed by atoms with Crippen LogP contribution in [0.25, 0.3) is 21.8 Å². The third-order valence-electron chi connectivity index (χ3n) is 5.05. The number of aromatic nitrogens is 3. The van der Waals surface area contributed by atoms with Gasteiger partial charge in [0.15, 0.2) is 5.82 Å². The van der Waals surface area contributed by atoms with Crippen LogP contribution in [0.3, 0.4) is 0 Å². The SMILES string of the molecule is c1ccc2c3c(ccc2c1)CCCC3Nc1ncnc2cccnc12. The van der Waals surface area contributed by atoms with Crippen molar-refractivity contribution in [3.8, 4) is 0 Å². The third-order valence-corrected chi connectivity index (χ3v) is 5.05. The van der Waals surface area contributed by atoms with Crippen LogP contribution in [0.4, 0.5) is 5.82 Å². The van der Waals surface area contributed by atoms with Crippen molar-refractivity contribution in [3.05, 3.63) is 72.2 Å². The van der Waals surface area contributed by atoms with E-state index in [1.54, 1.807) is 12.5 Å². The molecular formula is C21H18N4. The summed E-state index contributed by atoms with van der Waals surface area (Å²) in [6, 6.07) is 17.3. The monoisotopic (exact) mass is 326 g/mol. The van der Waals surface area contributed by atoms with Crippen LogP contribution in [0.15, 0.2) is 61.1 Å². The Labute approximate surface area is 146 Å². The molecular weight excluding hydrogens is 308 g/mol. The third kappa shape index (κ3) is 2.41. The number of rotatable bonds is 2. The second kappa shape index (κ2) is 5.81. The van der Waals surface area contributed by atoms with Crippen LogP contribution in [0.5, 0.6) is 0 Å². The number of hydrogen-bond donors (Lipinski definition) is 1. The number of hydrogen-bond acceptors (Lipinski definition) is 4. The van der Waals surface area contributed by atoms with Crippen LogP contribution in [-0.2, 0) is 6.42 Å². The van der Waals surface area contributed by atoms with Gasteiger partial charge in [-0.3, -0.25) is 4.98 Å². The summed E-state index contributed by atoms with van der Waals surface area (Å²) in [5.74, 6) is 0.816. The molecule has 2 heterocycles. The van der Waals surface area contributed by atoms with Crippen molar-refractivity contribution in [2.75, 3.05) is 5.32 Å². The lowest BCUT2D eigenvalue weighted by atomic mass is 9.84. The molecule has 1 N–H and O–H groups in total. The number of aryl methyl sites for hydroxylation is 1. The predicted molar refractivity (Wildman–Crippen MR) is 101 cm³/mol. The fourth-order valence-electron chi connectivity index (χ4n) is 3.92. The topological polar surface area (TPSA) is 50.7 Å². The summed E-state index contributed by atoms with van der Waals surface area (Å²) in [7, 11) is 0. The highest BCUT2D eigenvalue weighted by molar-refractivity contribution is 5.89. The van der Waals surface area contributed by atoms with E-state index in [1.165, 1.54) is 28.3 Å². The molecule has 1 aliphatic rings. The molecule has 0 amide bonds. The Morgan fingerprint density at radius 1 is 0.920 bits per heavy atom. The summed E-state index contributed by atoms with van der Waals surface area (Å²) < 4.78 is 0. The number of benzene rings is 2. The van der Waals surface area contributed by atoms with Crippen molar-refractivity contribution in [3.63, 3.8) is 0 Å². The molecule has 0 radical (unpaired) electrons. The molecule has 4 heteroatoms. The Hall–Kier alpha value is -3.01. The summed E-state index contributed by atoms with van der Waals surface area (Å²) in [5, 5.41) is 6.29. The summed E-state index contributed by atoms with van der Waals surface area (Å²) in [4.78, 5) is 13.3. The van der Waals surface area contributed by atoms with Crippen LogP contribution in [0.2, 0.25) is 0 Å². The highest BCUT2D eigenvalue weighted by atomic mass is 15.1. The molecule has 2 aromatic heterocycles. The van der Waals surface area contributed by atoms with Crippen LogP contribution < -0.4 is 5.32 Å². The highest BCUT2D eigenvalue weighted by Gasteiger charge is 2.23. The highest BCUT2D eigenvalue weighted by Crippen LogP contribution is 2.37. The summed E-state index contributed by atoms with van der Waals surface area (Å²) >= 11 is 0. The van der Waals surface area contributed by atoms with Gasteiger partial charge in [0.05, 0.1) is 11.6 Å². The van der Waals surface area contributed by atoms with Gasteiger partial charge in [0.1, 0.15) is 11.8 Å². The van der Waals surface area contributed by atoms with Crippen molar-refractivity contribution in [2.45, 2.75) is 25.3 Å². The molecule has 0 aliphatic heterocycles. The Balaban J connectivity index is 1.64. The lowest BCUT2D eigenvalue weighted by Gasteiger charge is -2.28. The lowest BCUT2D eigenvalue weighted by molar-refractivity contribution is 0.603. The van der Waals surface area contributed by atoms with Gasteiger partial charge < -0.3 is 5.32 Å². The minimum atomic E-state index is 0.245. The number of nitrogens with zero attached hydrogens (tertiary/aromatic N) is 3. The second-order valence-corrected chi connectivity index (χ2v) is 6.54. The minimum Gasteiger partial charge on any atom is -0.361 e. The Kier molecular flexibility index (Phi) is 3.33. The number of nitrogens with one attached hydrogen (secondary N) is 1. The molecule has 5 rings (SSSR count). The maximum absolute atomic E-state index is 4.48. The first kappa shape index (κ1) is 14.3. The molecule has 0 saturated carbocycles. The van der Waals surface area contributed by atoms with Gasteiger partial charge in [-0.05, 0) is 53.3 Å². The molecule has 2 aromatic carbocycles. The van der Waals surface area contributed by atoms with E-state index in [2.05, 4.69) is 56.7 Å². The van der Waals surface area contributed by atoms with E-state index in [0.29, 0.717) is 0 Å². The summed E-state index contributed by atoms with van der Waals surface area (Å²) in [5.41, 5.74) is 4.55. The zero-order chi connectivity index (χ0) is 16.6. The van der Waals surface area contributed by atoms with Gasteiger partial charge in [0, 0.05) is 6.20 Å². The van der Waals surface area contributed by atoms with Crippen molar-refractivity contribution < 1.29 is 0 Å². The van der Waals surface area contributed by atoms with Crippen molar-refractivity contribution >= 4 is 27.6 Å². The zero-order valence-electron chi connectivity index (χ0n) is 13.8. The van der Waals surface area contributed by atoms with Gasteiger partial charge in [-0.15, -0.1) is 0 Å². The molecule has 1 aliphatic carbocycles. The smallest absolute Gasteiger partial charge is 0.156 e. The first-order valence-corrected chi connectivity index (χ1v) is 8.73. The average molecular weight is 326 g/mol. The molecule has 1 atom stereocenters. The van der Waals surface area contributed by atoms with Crippen molar-refractivity contribution in [1.29, 1.82) is 0 Å². The molecule has 1 unspecified atom stereocenters. The van der Waals surface area contributed by atoms with E-state index >= 15 is 0 Å². The first-order chi connectivity index (χ1) is 12.4. The molecule has 0 bridgehead atoms. The number of pyridine rings is 1. The maximum Gasteiger partial charge on any atom is 0.156 e. The van der Waals surface area contributed by atoms with E-state index in [-0.39, 0.29) is 6.04 Å². The summed E-state index contributed by atoms with van der Waals surface area (Å²) in [6.07, 6.45) is 6.82. The predicted octanol–water partition coefficient (Wildman–Crippen LogP) is 4.67. The first-order valence-electron chi connectivity index (χ1n) is 8.73. The fourth-order valence-corrected chi connectivity index (χ4v) is 3.92. The van der Waals surface area contributed by atoms with Crippen LogP contribution in [0.1, 0.15) is 30.0 Å². The lowest BCUT2D eigenvalue weighted by Crippen LogP contribution is -2.19. The van der Waals surface area contributed by atoms with Crippen LogP contribution in [-0.4, -0.2) is 15.0 Å². The van der Waals surface area contributed by atoms with Gasteiger partial charge in [0.25, 0.3) is 0 Å². The van der Waals surface area contributed by atoms with Gasteiger partial charge >= 0.3 is 0 Å². The number of fused-ring (bicyclic) bond motifs is 4. The van der Waals surface area contributed by atoms with Crippen molar-refractivity contribution in [1.82, 2.24) is 15.0 Å². The molecule has 4 aromatic rings. The van der Waals surface area contributed by atoms with Gasteiger partial charge in [-0.25, -0.2) is 9.97 Å². The average Bonchev–Trinajstić information content (AvgIpc) is 2.68. The van der Waals surface area contributed by atoms with Crippen molar-refractivity contribution in [2.24, 2.45) is 0 Å². The Bertz CT molecular complexity index is 1070. The molecule has 25 heavy (non-hydrogen) atoms. The molecule has 122 valence electrons.